The van der Waals surface area contributed by atoms with Crippen molar-refractivity contribution in [1.29, 1.82) is 0 Å². The number of ether oxygens (including phenoxy) is 1. The third-order valence-corrected chi connectivity index (χ3v) is 5.34. The molecule has 3 amide bonds. The molecule has 1 atom stereocenters. The van der Waals surface area contributed by atoms with E-state index in [9.17, 15) is 9.59 Å². The van der Waals surface area contributed by atoms with Gasteiger partial charge in [0.05, 0.1) is 13.2 Å². The first-order valence-corrected chi connectivity index (χ1v) is 9.75. The molecule has 4 rings (SSSR count). The number of rotatable bonds is 3. The molecule has 6 heteroatoms. The standard InChI is InChI=1S/C22H25N3O3/c1-16-14-18(9-10-19(16)25-11-5-8-21(25)26)23-22(27)24-12-13-28-20(15-24)17-6-3-2-4-7-17/h2-4,6-7,9-10,14,20H,5,8,11-13,15H2,1H3,(H,23,27)/t20-/m1/s1. The van der Waals surface area contributed by atoms with E-state index in [1.165, 1.54) is 0 Å². The van der Waals surface area contributed by atoms with Gasteiger partial charge < -0.3 is 19.9 Å². The minimum Gasteiger partial charge on any atom is -0.370 e. The van der Waals surface area contributed by atoms with E-state index in [4.69, 9.17) is 4.74 Å². The van der Waals surface area contributed by atoms with E-state index >= 15 is 0 Å². The quantitative estimate of drug-likeness (QED) is 0.884. The fraction of sp³-hybridized carbons (Fsp3) is 0.364. The molecule has 0 saturated carbocycles. The number of aryl methyl sites for hydroxylation is 1. The summed E-state index contributed by atoms with van der Waals surface area (Å²) in [6.07, 6.45) is 1.40. The average molecular weight is 379 g/mol. The van der Waals surface area contributed by atoms with Crippen molar-refractivity contribution >= 4 is 23.3 Å². The molecule has 1 N–H and O–H groups in total. The number of urea groups is 1. The number of anilines is 2. The van der Waals surface area contributed by atoms with Crippen LogP contribution in [0.5, 0.6) is 0 Å². The van der Waals surface area contributed by atoms with E-state index in [-0.39, 0.29) is 18.0 Å². The summed E-state index contributed by atoms with van der Waals surface area (Å²) in [5.74, 6) is 0.167. The average Bonchev–Trinajstić information content (AvgIpc) is 3.14. The molecule has 0 unspecified atom stereocenters. The highest BCUT2D eigenvalue weighted by molar-refractivity contribution is 5.97. The Balaban J connectivity index is 1.42. The number of benzene rings is 2. The third-order valence-electron chi connectivity index (χ3n) is 5.34. The summed E-state index contributed by atoms with van der Waals surface area (Å²) in [6, 6.07) is 15.5. The van der Waals surface area contributed by atoms with Gasteiger partial charge in [0.2, 0.25) is 5.91 Å². The van der Waals surface area contributed by atoms with Crippen molar-refractivity contribution < 1.29 is 14.3 Å². The van der Waals surface area contributed by atoms with Gasteiger partial charge in [-0.3, -0.25) is 4.79 Å². The number of nitrogens with one attached hydrogen (secondary N) is 1. The van der Waals surface area contributed by atoms with Crippen LogP contribution < -0.4 is 10.2 Å². The summed E-state index contributed by atoms with van der Waals surface area (Å²) in [6.45, 7) is 4.34. The molecule has 2 saturated heterocycles. The molecule has 0 radical (unpaired) electrons. The fourth-order valence-corrected chi connectivity index (χ4v) is 3.84. The van der Waals surface area contributed by atoms with Gasteiger partial charge in [-0.25, -0.2) is 4.79 Å². The van der Waals surface area contributed by atoms with Gasteiger partial charge in [-0.2, -0.15) is 0 Å². The van der Waals surface area contributed by atoms with Crippen LogP contribution in [0.15, 0.2) is 48.5 Å². The fourth-order valence-electron chi connectivity index (χ4n) is 3.84. The van der Waals surface area contributed by atoms with Crippen LogP contribution in [0.2, 0.25) is 0 Å². The predicted octanol–water partition coefficient (Wildman–Crippen LogP) is 3.73. The van der Waals surface area contributed by atoms with E-state index in [1.54, 1.807) is 4.90 Å². The van der Waals surface area contributed by atoms with Gasteiger partial charge in [0, 0.05) is 30.9 Å². The molecule has 0 aliphatic carbocycles. The van der Waals surface area contributed by atoms with Crippen LogP contribution in [0.3, 0.4) is 0 Å². The molecule has 0 spiro atoms. The Morgan fingerprint density at radius 2 is 1.96 bits per heavy atom. The van der Waals surface area contributed by atoms with Crippen molar-refractivity contribution in [2.45, 2.75) is 25.9 Å². The van der Waals surface area contributed by atoms with Crippen molar-refractivity contribution in [3.8, 4) is 0 Å². The smallest absolute Gasteiger partial charge is 0.322 e. The Kier molecular flexibility index (Phi) is 5.30. The molecular weight excluding hydrogens is 354 g/mol. The van der Waals surface area contributed by atoms with Gasteiger partial charge in [-0.15, -0.1) is 0 Å². The van der Waals surface area contributed by atoms with Crippen molar-refractivity contribution in [2.75, 3.05) is 36.5 Å². The Hall–Kier alpha value is -2.86. The van der Waals surface area contributed by atoms with E-state index in [1.807, 2.05) is 60.4 Å². The van der Waals surface area contributed by atoms with Crippen LogP contribution in [0, 0.1) is 6.92 Å². The van der Waals surface area contributed by atoms with Crippen molar-refractivity contribution in [2.24, 2.45) is 0 Å². The van der Waals surface area contributed by atoms with Crippen molar-refractivity contribution in [3.63, 3.8) is 0 Å². The number of hydrogen-bond donors (Lipinski definition) is 1. The van der Waals surface area contributed by atoms with E-state index < -0.39 is 0 Å². The maximum atomic E-state index is 12.7. The summed E-state index contributed by atoms with van der Waals surface area (Å²) < 4.78 is 5.84. The minimum atomic E-state index is -0.131. The summed E-state index contributed by atoms with van der Waals surface area (Å²) in [7, 11) is 0. The molecule has 0 aromatic heterocycles. The van der Waals surface area contributed by atoms with E-state index in [2.05, 4.69) is 5.32 Å². The highest BCUT2D eigenvalue weighted by Crippen LogP contribution is 2.28. The molecule has 2 fully saturated rings. The number of carbonyl (C=O) groups is 2. The Labute approximate surface area is 165 Å². The summed E-state index contributed by atoms with van der Waals surface area (Å²) in [4.78, 5) is 28.3. The third kappa shape index (κ3) is 3.87. The number of nitrogens with zero attached hydrogens (tertiary/aromatic N) is 2. The number of amides is 3. The molecule has 28 heavy (non-hydrogen) atoms. The zero-order chi connectivity index (χ0) is 19.5. The lowest BCUT2D eigenvalue weighted by Crippen LogP contribution is -2.44. The Morgan fingerprint density at radius 1 is 1.14 bits per heavy atom. The van der Waals surface area contributed by atoms with Gasteiger partial charge in [0.1, 0.15) is 6.10 Å². The molecule has 2 aliphatic heterocycles. The van der Waals surface area contributed by atoms with E-state index in [0.717, 1.165) is 35.5 Å². The van der Waals surface area contributed by atoms with Crippen LogP contribution in [0.1, 0.15) is 30.1 Å². The first-order chi connectivity index (χ1) is 13.6. The second-order valence-corrected chi connectivity index (χ2v) is 7.30. The lowest BCUT2D eigenvalue weighted by molar-refractivity contribution is -0.117. The lowest BCUT2D eigenvalue weighted by Gasteiger charge is -2.33. The Bertz CT molecular complexity index is 869. The summed E-state index contributed by atoms with van der Waals surface area (Å²) in [5.41, 5.74) is 3.73. The largest absolute Gasteiger partial charge is 0.370 e. The second-order valence-electron chi connectivity index (χ2n) is 7.30. The first-order valence-electron chi connectivity index (χ1n) is 9.75. The predicted molar refractivity (Wildman–Crippen MR) is 108 cm³/mol. The van der Waals surface area contributed by atoms with Crippen LogP contribution in [0.25, 0.3) is 0 Å². The maximum Gasteiger partial charge on any atom is 0.322 e. The SMILES string of the molecule is Cc1cc(NC(=O)N2CCO[C@@H](c3ccccc3)C2)ccc1N1CCCC1=O. The van der Waals surface area contributed by atoms with Gasteiger partial charge in [-0.1, -0.05) is 30.3 Å². The number of hydrogen-bond acceptors (Lipinski definition) is 3. The number of morpholine rings is 1. The molecule has 146 valence electrons. The van der Waals surface area contributed by atoms with Crippen LogP contribution in [-0.4, -0.2) is 43.1 Å². The molecule has 2 heterocycles. The zero-order valence-corrected chi connectivity index (χ0v) is 16.1. The zero-order valence-electron chi connectivity index (χ0n) is 16.1. The van der Waals surface area contributed by atoms with Gasteiger partial charge in [0.15, 0.2) is 0 Å². The first kappa shape index (κ1) is 18.5. The van der Waals surface area contributed by atoms with Crippen molar-refractivity contribution in [1.82, 2.24) is 4.90 Å². The number of carbonyl (C=O) groups excluding carboxylic acids is 2. The highest BCUT2D eigenvalue weighted by Gasteiger charge is 2.26. The second kappa shape index (κ2) is 8.02. The monoisotopic (exact) mass is 379 g/mol. The van der Waals surface area contributed by atoms with Gasteiger partial charge >= 0.3 is 6.03 Å². The maximum absolute atomic E-state index is 12.7. The molecule has 2 aromatic carbocycles. The molecule has 2 aliphatic rings. The minimum absolute atomic E-state index is 0.106. The van der Waals surface area contributed by atoms with Crippen LogP contribution in [-0.2, 0) is 9.53 Å². The van der Waals surface area contributed by atoms with Crippen LogP contribution in [0.4, 0.5) is 16.2 Å². The normalized spacial score (nSPS) is 19.8. The van der Waals surface area contributed by atoms with E-state index in [0.29, 0.717) is 26.1 Å². The molecule has 2 aromatic rings. The molecule has 6 nitrogen and oxygen atoms in total. The Morgan fingerprint density at radius 3 is 2.68 bits per heavy atom. The van der Waals surface area contributed by atoms with Gasteiger partial charge in [0.25, 0.3) is 0 Å². The highest BCUT2D eigenvalue weighted by atomic mass is 16.5. The van der Waals surface area contributed by atoms with Crippen molar-refractivity contribution in [3.05, 3.63) is 59.7 Å². The summed E-state index contributed by atoms with van der Waals surface area (Å²) in [5, 5.41) is 2.98. The topological polar surface area (TPSA) is 61.9 Å². The summed E-state index contributed by atoms with van der Waals surface area (Å²) >= 11 is 0. The lowest BCUT2D eigenvalue weighted by atomic mass is 10.1. The molecular formula is C22H25N3O3. The van der Waals surface area contributed by atoms with Crippen LogP contribution >= 0.6 is 0 Å². The van der Waals surface area contributed by atoms with Gasteiger partial charge in [-0.05, 0) is 42.7 Å². The molecule has 0 bridgehead atoms.